The van der Waals surface area contributed by atoms with E-state index in [1.54, 1.807) is 6.92 Å². The Labute approximate surface area is 107 Å². The maximum Gasteiger partial charge on any atom is 0.310 e. The van der Waals surface area contributed by atoms with Crippen molar-refractivity contribution in [2.24, 2.45) is 0 Å². The molecule has 0 saturated carbocycles. The van der Waals surface area contributed by atoms with E-state index in [4.69, 9.17) is 0 Å². The van der Waals surface area contributed by atoms with Gasteiger partial charge in [0.25, 0.3) is 0 Å². The van der Waals surface area contributed by atoms with Gasteiger partial charge in [0.05, 0.1) is 0 Å². The summed E-state index contributed by atoms with van der Waals surface area (Å²) in [6.07, 6.45) is 0.553. The van der Waals surface area contributed by atoms with E-state index in [9.17, 15) is 24.2 Å². The van der Waals surface area contributed by atoms with Crippen LogP contribution in [-0.4, -0.2) is 17.9 Å². The molecule has 1 aromatic rings. The van der Waals surface area contributed by atoms with Crippen molar-refractivity contribution in [3.8, 4) is 0 Å². The molecule has 0 aliphatic heterocycles. The van der Waals surface area contributed by atoms with E-state index in [2.05, 4.69) is 0 Å². The minimum atomic E-state index is -9.63. The molecule has 0 fully saturated rings. The number of aryl methyl sites for hydroxylation is 1. The number of amides is 1. The monoisotopic (exact) mass is 303 g/mol. The molecule has 0 atom stereocenters. The van der Waals surface area contributed by atoms with Crippen LogP contribution in [0.2, 0.25) is 0 Å². The van der Waals surface area contributed by atoms with E-state index in [0.29, 0.717) is 30.7 Å². The molecule has 0 aromatic heterocycles. The van der Waals surface area contributed by atoms with Gasteiger partial charge in [-0.25, -0.2) is 0 Å². The van der Waals surface area contributed by atoms with Gasteiger partial charge in [0.15, 0.2) is 0 Å². The lowest BCUT2D eigenvalue weighted by atomic mass is 10.1. The number of carbonyl (C=O) groups is 1. The molecule has 8 heteroatoms. The number of benzene rings is 1. The molecule has 0 N–H and O–H groups in total. The third-order valence-electron chi connectivity index (χ3n) is 2.69. The van der Waals surface area contributed by atoms with Crippen molar-refractivity contribution >= 4 is 16.6 Å². The molecule has 0 saturated heterocycles. The molecule has 0 aliphatic carbocycles. The molecule has 1 rings (SSSR count). The predicted molar refractivity (Wildman–Crippen MR) is 64.7 cm³/mol. The summed E-state index contributed by atoms with van der Waals surface area (Å²) in [4.78, 5) is 10.0. The Morgan fingerprint density at radius 1 is 1.21 bits per heavy atom. The Bertz CT molecular complexity index is 499. The lowest BCUT2D eigenvalue weighted by Crippen LogP contribution is -2.21. The zero-order valence-electron chi connectivity index (χ0n) is 10.4. The normalized spacial score (nSPS) is 15.5. The van der Waals surface area contributed by atoms with Crippen LogP contribution in [0, 0.1) is 6.92 Å². The predicted octanol–water partition coefficient (Wildman–Crippen LogP) is 4.63. The van der Waals surface area contributed by atoms with E-state index in [1.807, 2.05) is 0 Å². The van der Waals surface area contributed by atoms with Crippen LogP contribution in [0.1, 0.15) is 18.1 Å². The van der Waals surface area contributed by atoms with Gasteiger partial charge in [-0.15, -0.1) is 0 Å². The topological polar surface area (TPSA) is 20.3 Å². The molecule has 1 aromatic carbocycles. The summed E-state index contributed by atoms with van der Waals surface area (Å²) in [5, 5.41) is 0. The minimum Gasteiger partial charge on any atom is -0.341 e. The number of carbonyl (C=O) groups excluding carboxylic acids is 1. The first kappa shape index (κ1) is 15.7. The number of hydrogen-bond acceptors (Lipinski definition) is 1. The molecule has 2 nitrogen and oxygen atoms in total. The number of rotatable bonds is 5. The van der Waals surface area contributed by atoms with Gasteiger partial charge in [-0.1, -0.05) is 25.5 Å². The molecule has 0 bridgehead atoms. The van der Waals surface area contributed by atoms with E-state index in [0.717, 1.165) is 6.07 Å². The highest BCUT2D eigenvalue weighted by Crippen LogP contribution is 3.02. The molecule has 1 amide bonds. The smallest absolute Gasteiger partial charge is 0.310 e. The highest BCUT2D eigenvalue weighted by Gasteiger charge is 2.65. The Hall–Kier alpha value is -1.31. The highest BCUT2D eigenvalue weighted by molar-refractivity contribution is 8.45. The van der Waals surface area contributed by atoms with Crippen LogP contribution in [0.25, 0.3) is 0 Å². The standard InChI is InChI=1S/C11H14F5NOS/c1-3-17(8-18)7-10-4-5-11(6-9(10)2)19(12,13,14,15)16/h4-6,8H,3,7H2,1-2H3. The third-order valence-corrected chi connectivity index (χ3v) is 3.83. The SMILES string of the molecule is CCN(C=O)Cc1ccc(S(F)(F)(F)(F)F)cc1C. The van der Waals surface area contributed by atoms with Crippen LogP contribution in [-0.2, 0) is 11.3 Å². The summed E-state index contributed by atoms with van der Waals surface area (Å²) >= 11 is 0. The Morgan fingerprint density at radius 2 is 1.79 bits per heavy atom. The van der Waals surface area contributed by atoms with E-state index >= 15 is 0 Å². The molecule has 19 heavy (non-hydrogen) atoms. The average Bonchev–Trinajstić information content (AvgIpc) is 2.24. The van der Waals surface area contributed by atoms with Crippen molar-refractivity contribution in [1.29, 1.82) is 0 Å². The van der Waals surface area contributed by atoms with E-state index in [-0.39, 0.29) is 12.1 Å². The second kappa shape index (κ2) is 4.09. The van der Waals surface area contributed by atoms with Crippen molar-refractivity contribution < 1.29 is 24.2 Å². The Balaban J connectivity index is 3.16. The van der Waals surface area contributed by atoms with Crippen LogP contribution in [0.15, 0.2) is 23.1 Å². The van der Waals surface area contributed by atoms with E-state index in [1.165, 1.54) is 11.8 Å². The highest BCUT2D eigenvalue weighted by atomic mass is 32.5. The zero-order chi connectivity index (χ0) is 15.0. The average molecular weight is 303 g/mol. The fourth-order valence-corrected chi connectivity index (χ4v) is 2.25. The summed E-state index contributed by atoms with van der Waals surface area (Å²) in [5.74, 6) is 0. The lowest BCUT2D eigenvalue weighted by Gasteiger charge is -2.40. The van der Waals surface area contributed by atoms with Crippen molar-refractivity contribution in [3.05, 3.63) is 29.3 Å². The van der Waals surface area contributed by atoms with Crippen LogP contribution in [0.3, 0.4) is 0 Å². The van der Waals surface area contributed by atoms with Gasteiger partial charge in [0.2, 0.25) is 6.41 Å². The molecule has 0 spiro atoms. The van der Waals surface area contributed by atoms with Gasteiger partial charge in [-0.3, -0.25) is 4.79 Å². The third kappa shape index (κ3) is 4.09. The van der Waals surface area contributed by atoms with Crippen molar-refractivity contribution in [1.82, 2.24) is 4.90 Å². The van der Waals surface area contributed by atoms with Crippen LogP contribution in [0.5, 0.6) is 0 Å². The second-order valence-electron chi connectivity index (χ2n) is 4.23. The molecular formula is C11H14F5NOS. The van der Waals surface area contributed by atoms with Gasteiger partial charge in [-0.05, 0) is 37.1 Å². The van der Waals surface area contributed by atoms with Crippen molar-refractivity contribution in [2.75, 3.05) is 6.54 Å². The summed E-state index contributed by atoms with van der Waals surface area (Å²) in [6, 6.07) is 1.77. The largest absolute Gasteiger partial charge is 0.341 e. The van der Waals surface area contributed by atoms with Gasteiger partial charge in [0, 0.05) is 13.1 Å². The fourth-order valence-electron chi connectivity index (χ4n) is 1.53. The Kier molecular flexibility index (Phi) is 3.39. The first-order chi connectivity index (χ1) is 8.37. The van der Waals surface area contributed by atoms with Crippen LogP contribution in [0.4, 0.5) is 19.4 Å². The van der Waals surface area contributed by atoms with Crippen LogP contribution >= 0.6 is 10.2 Å². The maximum atomic E-state index is 12.6. The van der Waals surface area contributed by atoms with Crippen molar-refractivity contribution in [2.45, 2.75) is 25.3 Å². The number of nitrogens with zero attached hydrogens (tertiary/aromatic N) is 1. The zero-order valence-corrected chi connectivity index (χ0v) is 11.2. The number of hydrogen-bond donors (Lipinski definition) is 0. The number of halogens is 5. The first-order valence-electron chi connectivity index (χ1n) is 5.40. The van der Waals surface area contributed by atoms with Gasteiger partial charge < -0.3 is 4.90 Å². The first-order valence-corrected chi connectivity index (χ1v) is 7.35. The molecule has 0 aliphatic rings. The molecule has 0 unspecified atom stereocenters. The van der Waals surface area contributed by atoms with E-state index < -0.39 is 15.1 Å². The van der Waals surface area contributed by atoms with Crippen LogP contribution < -0.4 is 0 Å². The Morgan fingerprint density at radius 3 is 2.16 bits per heavy atom. The fraction of sp³-hybridized carbons (Fsp3) is 0.364. The maximum absolute atomic E-state index is 12.6. The molecule has 0 heterocycles. The molecule has 110 valence electrons. The summed E-state index contributed by atoms with van der Waals surface area (Å²) in [5.41, 5.74) is 0.477. The summed E-state index contributed by atoms with van der Waals surface area (Å²) < 4.78 is 62.9. The molecular weight excluding hydrogens is 289 g/mol. The summed E-state index contributed by atoms with van der Waals surface area (Å²) in [7, 11) is -9.63. The second-order valence-corrected chi connectivity index (χ2v) is 6.64. The summed E-state index contributed by atoms with van der Waals surface area (Å²) in [6.45, 7) is 3.48. The van der Waals surface area contributed by atoms with Gasteiger partial charge in [-0.2, -0.15) is 0 Å². The van der Waals surface area contributed by atoms with Gasteiger partial charge in [0.1, 0.15) is 4.90 Å². The van der Waals surface area contributed by atoms with Gasteiger partial charge >= 0.3 is 10.2 Å². The lowest BCUT2D eigenvalue weighted by molar-refractivity contribution is -0.118. The quantitative estimate of drug-likeness (QED) is 0.573. The minimum absolute atomic E-state index is 0.0750. The van der Waals surface area contributed by atoms with Crippen molar-refractivity contribution in [3.63, 3.8) is 0 Å². The molecule has 0 radical (unpaired) electrons.